The first-order valence-corrected chi connectivity index (χ1v) is 9.89. The molecule has 1 aromatic heterocycles. The quantitative estimate of drug-likeness (QED) is 0.802. The van der Waals surface area contributed by atoms with Crippen LogP contribution in [-0.4, -0.2) is 22.8 Å². The number of amides is 1. The number of ketones is 1. The first-order chi connectivity index (χ1) is 13.6. The van der Waals surface area contributed by atoms with Crippen LogP contribution in [-0.2, 0) is 14.3 Å². The molecule has 5 nitrogen and oxygen atoms in total. The highest BCUT2D eigenvalue weighted by atomic mass is 16.5. The first-order valence-electron chi connectivity index (χ1n) is 9.89. The molecule has 142 valence electrons. The summed E-state index contributed by atoms with van der Waals surface area (Å²) in [6, 6.07) is 14.6. The summed E-state index contributed by atoms with van der Waals surface area (Å²) in [5.41, 5.74) is 1.39. The normalized spacial score (nSPS) is 29.4. The SMILES string of the molecule is CC1CCC2OC3=C(C(=O)C2C1)C(c1ccccc1)N(c1ccccn1)C3=O. The Morgan fingerprint density at radius 2 is 1.82 bits per heavy atom. The molecular formula is C23H22N2O3. The Labute approximate surface area is 164 Å². The van der Waals surface area contributed by atoms with Crippen molar-refractivity contribution in [3.8, 4) is 0 Å². The van der Waals surface area contributed by atoms with Gasteiger partial charge in [0.15, 0.2) is 11.5 Å². The Balaban J connectivity index is 1.64. The van der Waals surface area contributed by atoms with E-state index in [1.54, 1.807) is 17.2 Å². The Kier molecular flexibility index (Phi) is 4.04. The van der Waals surface area contributed by atoms with Gasteiger partial charge in [0.2, 0.25) is 0 Å². The van der Waals surface area contributed by atoms with Crippen LogP contribution in [0.25, 0.3) is 0 Å². The summed E-state index contributed by atoms with van der Waals surface area (Å²) < 4.78 is 6.19. The molecule has 2 aromatic rings. The highest BCUT2D eigenvalue weighted by molar-refractivity contribution is 6.17. The van der Waals surface area contributed by atoms with E-state index in [0.29, 0.717) is 17.3 Å². The number of pyridine rings is 1. The zero-order valence-corrected chi connectivity index (χ0v) is 15.7. The minimum absolute atomic E-state index is 0.0680. The monoisotopic (exact) mass is 374 g/mol. The molecule has 3 heterocycles. The van der Waals surface area contributed by atoms with Gasteiger partial charge in [-0.15, -0.1) is 0 Å². The van der Waals surface area contributed by atoms with Crippen molar-refractivity contribution in [3.05, 3.63) is 71.6 Å². The molecule has 4 unspecified atom stereocenters. The molecule has 1 fully saturated rings. The van der Waals surface area contributed by atoms with Gasteiger partial charge in [0.05, 0.1) is 17.5 Å². The molecule has 0 radical (unpaired) electrons. The highest BCUT2D eigenvalue weighted by Crippen LogP contribution is 2.48. The molecule has 28 heavy (non-hydrogen) atoms. The summed E-state index contributed by atoms with van der Waals surface area (Å²) in [5, 5.41) is 0. The van der Waals surface area contributed by atoms with Crippen LogP contribution in [0, 0.1) is 11.8 Å². The third kappa shape index (κ3) is 2.57. The Bertz CT molecular complexity index is 954. The number of carbonyl (C=O) groups is 2. The summed E-state index contributed by atoms with van der Waals surface area (Å²) in [6.45, 7) is 2.18. The molecule has 5 heteroatoms. The Hall–Kier alpha value is -2.95. The van der Waals surface area contributed by atoms with Gasteiger partial charge >= 0.3 is 0 Å². The predicted octanol–water partition coefficient (Wildman–Crippen LogP) is 3.83. The van der Waals surface area contributed by atoms with Crippen molar-refractivity contribution >= 4 is 17.5 Å². The summed E-state index contributed by atoms with van der Waals surface area (Å²) >= 11 is 0. The molecule has 4 atom stereocenters. The smallest absolute Gasteiger partial charge is 0.295 e. The lowest BCUT2D eigenvalue weighted by molar-refractivity contribution is -0.132. The average molecular weight is 374 g/mol. The number of anilines is 1. The number of benzene rings is 1. The van der Waals surface area contributed by atoms with E-state index in [1.165, 1.54) is 0 Å². The van der Waals surface area contributed by atoms with Crippen molar-refractivity contribution in [1.29, 1.82) is 0 Å². The van der Waals surface area contributed by atoms with Gasteiger partial charge in [-0.3, -0.25) is 14.5 Å². The number of fused-ring (bicyclic) bond motifs is 1. The summed E-state index contributed by atoms with van der Waals surface area (Å²) in [7, 11) is 0. The predicted molar refractivity (Wildman–Crippen MR) is 104 cm³/mol. The summed E-state index contributed by atoms with van der Waals surface area (Å²) in [5.74, 6) is 0.885. The van der Waals surface area contributed by atoms with Crippen molar-refractivity contribution in [2.75, 3.05) is 4.90 Å². The van der Waals surface area contributed by atoms with Crippen LogP contribution in [0.2, 0.25) is 0 Å². The molecule has 0 bridgehead atoms. The zero-order chi connectivity index (χ0) is 19.3. The van der Waals surface area contributed by atoms with E-state index in [2.05, 4.69) is 11.9 Å². The number of Topliss-reactive ketones (excluding diaryl/α,β-unsaturated/α-hetero) is 1. The van der Waals surface area contributed by atoms with Crippen molar-refractivity contribution in [2.24, 2.45) is 11.8 Å². The van der Waals surface area contributed by atoms with Gasteiger partial charge in [0.25, 0.3) is 5.91 Å². The first kappa shape index (κ1) is 17.2. The number of aromatic nitrogens is 1. The van der Waals surface area contributed by atoms with Gasteiger partial charge in [-0.1, -0.05) is 43.3 Å². The van der Waals surface area contributed by atoms with E-state index in [9.17, 15) is 9.59 Å². The van der Waals surface area contributed by atoms with Crippen LogP contribution >= 0.6 is 0 Å². The molecule has 1 saturated carbocycles. The fourth-order valence-corrected chi connectivity index (χ4v) is 4.76. The topological polar surface area (TPSA) is 59.5 Å². The van der Waals surface area contributed by atoms with Crippen molar-refractivity contribution < 1.29 is 14.3 Å². The van der Waals surface area contributed by atoms with Crippen molar-refractivity contribution in [1.82, 2.24) is 4.98 Å². The van der Waals surface area contributed by atoms with Crippen LogP contribution in [0.4, 0.5) is 5.82 Å². The largest absolute Gasteiger partial charge is 0.483 e. The van der Waals surface area contributed by atoms with Gasteiger partial charge in [-0.25, -0.2) is 4.98 Å². The number of ether oxygens (including phenoxy) is 1. The maximum atomic E-state index is 13.6. The van der Waals surface area contributed by atoms with Crippen LogP contribution < -0.4 is 4.90 Å². The molecule has 0 N–H and O–H groups in total. The Morgan fingerprint density at radius 1 is 1.04 bits per heavy atom. The lowest BCUT2D eigenvalue weighted by Crippen LogP contribution is -2.41. The molecule has 1 aliphatic carbocycles. The summed E-state index contributed by atoms with van der Waals surface area (Å²) in [6.07, 6.45) is 4.14. The van der Waals surface area contributed by atoms with Crippen LogP contribution in [0.5, 0.6) is 0 Å². The van der Waals surface area contributed by atoms with Crippen LogP contribution in [0.3, 0.4) is 0 Å². The van der Waals surface area contributed by atoms with Crippen molar-refractivity contribution in [3.63, 3.8) is 0 Å². The number of carbonyl (C=O) groups excluding carboxylic acids is 2. The summed E-state index contributed by atoms with van der Waals surface area (Å²) in [4.78, 5) is 32.9. The second-order valence-corrected chi connectivity index (χ2v) is 7.96. The molecule has 2 aliphatic heterocycles. The van der Waals surface area contributed by atoms with E-state index >= 15 is 0 Å². The number of rotatable bonds is 2. The van der Waals surface area contributed by atoms with E-state index in [0.717, 1.165) is 24.8 Å². The van der Waals surface area contributed by atoms with Gasteiger partial charge in [0.1, 0.15) is 11.9 Å². The molecular weight excluding hydrogens is 352 g/mol. The fraction of sp³-hybridized carbons (Fsp3) is 0.348. The van der Waals surface area contributed by atoms with E-state index in [4.69, 9.17) is 4.74 Å². The maximum Gasteiger partial charge on any atom is 0.295 e. The van der Waals surface area contributed by atoms with Gasteiger partial charge in [0, 0.05) is 6.20 Å². The lowest BCUT2D eigenvalue weighted by Gasteiger charge is -2.37. The fourth-order valence-electron chi connectivity index (χ4n) is 4.76. The number of nitrogens with zero attached hydrogens (tertiary/aromatic N) is 2. The van der Waals surface area contributed by atoms with Gasteiger partial charge in [-0.05, 0) is 42.9 Å². The Morgan fingerprint density at radius 3 is 2.57 bits per heavy atom. The highest BCUT2D eigenvalue weighted by Gasteiger charge is 2.53. The molecule has 1 amide bonds. The number of hydrogen-bond acceptors (Lipinski definition) is 4. The van der Waals surface area contributed by atoms with Gasteiger partial charge in [-0.2, -0.15) is 0 Å². The third-order valence-corrected chi connectivity index (χ3v) is 6.12. The maximum absolute atomic E-state index is 13.6. The van der Waals surface area contributed by atoms with Crippen LogP contribution in [0.1, 0.15) is 37.8 Å². The lowest BCUT2D eigenvalue weighted by atomic mass is 9.74. The third-order valence-electron chi connectivity index (χ3n) is 6.12. The molecule has 5 rings (SSSR count). The second kappa shape index (κ2) is 6.59. The van der Waals surface area contributed by atoms with Crippen LogP contribution in [0.15, 0.2) is 66.1 Å². The number of hydrogen-bond donors (Lipinski definition) is 0. The minimum atomic E-state index is -0.496. The molecule has 3 aliphatic rings. The standard InChI is InChI=1S/C23H22N2O3/c1-14-10-11-17-16(13-14)21(26)19-20(15-7-3-2-4-8-15)25(23(27)22(19)28-17)18-9-5-6-12-24-18/h2-9,12,14,16-17,20H,10-11,13H2,1H3. The van der Waals surface area contributed by atoms with Crippen molar-refractivity contribution in [2.45, 2.75) is 38.3 Å². The molecule has 0 spiro atoms. The zero-order valence-electron chi connectivity index (χ0n) is 15.7. The van der Waals surface area contributed by atoms with E-state index in [-0.39, 0.29) is 29.5 Å². The van der Waals surface area contributed by atoms with Gasteiger partial charge < -0.3 is 4.74 Å². The second-order valence-electron chi connectivity index (χ2n) is 7.96. The average Bonchev–Trinajstić information content (AvgIpc) is 3.03. The minimum Gasteiger partial charge on any atom is -0.483 e. The van der Waals surface area contributed by atoms with E-state index in [1.807, 2.05) is 42.5 Å². The van der Waals surface area contributed by atoms with E-state index < -0.39 is 6.04 Å². The molecule has 1 aromatic carbocycles. The molecule has 0 saturated heterocycles.